The molecule has 94 valence electrons. The van der Waals surface area contributed by atoms with Gasteiger partial charge in [-0.2, -0.15) is 0 Å². The van der Waals surface area contributed by atoms with Gasteiger partial charge in [-0.15, -0.1) is 0 Å². The first-order valence-corrected chi connectivity index (χ1v) is 6.37. The van der Waals surface area contributed by atoms with Crippen LogP contribution in [0.2, 0.25) is 0 Å². The average Bonchev–Trinajstić information content (AvgIpc) is 2.41. The molecular formula is C16H19NO. The molecule has 1 N–H and O–H groups in total. The molecule has 0 atom stereocenters. The van der Waals surface area contributed by atoms with Gasteiger partial charge in [0.25, 0.3) is 0 Å². The Morgan fingerprint density at radius 2 is 1.78 bits per heavy atom. The predicted molar refractivity (Wildman–Crippen MR) is 76.1 cm³/mol. The summed E-state index contributed by atoms with van der Waals surface area (Å²) in [5.41, 5.74) is 2.42. The third-order valence-electron chi connectivity index (χ3n) is 3.08. The fourth-order valence-corrected chi connectivity index (χ4v) is 2.08. The molecule has 0 aliphatic carbocycles. The second kappa shape index (κ2) is 6.10. The van der Waals surface area contributed by atoms with Crippen LogP contribution in [0, 0.1) is 0 Å². The van der Waals surface area contributed by atoms with E-state index < -0.39 is 0 Å². The van der Waals surface area contributed by atoms with E-state index in [1.54, 1.807) is 6.07 Å². The molecule has 2 aromatic rings. The third-order valence-corrected chi connectivity index (χ3v) is 3.08. The second-order valence-electron chi connectivity index (χ2n) is 4.34. The molecule has 2 nitrogen and oxygen atoms in total. The quantitative estimate of drug-likeness (QED) is 0.866. The van der Waals surface area contributed by atoms with Gasteiger partial charge in [0.15, 0.2) is 0 Å². The number of hydrogen-bond acceptors (Lipinski definition) is 2. The molecule has 0 aromatic heterocycles. The normalized spacial score (nSPS) is 10.3. The molecule has 0 unspecified atom stereocenters. The lowest BCUT2D eigenvalue weighted by atomic mass is 10.1. The van der Waals surface area contributed by atoms with E-state index in [0.717, 1.165) is 19.5 Å². The SMILES string of the molecule is CCN(CCc1cccc(O)c1)c1ccccc1. The zero-order chi connectivity index (χ0) is 12.8. The minimum absolute atomic E-state index is 0.343. The monoisotopic (exact) mass is 241 g/mol. The van der Waals surface area contributed by atoms with E-state index in [2.05, 4.69) is 42.2 Å². The van der Waals surface area contributed by atoms with E-state index in [0.29, 0.717) is 5.75 Å². The van der Waals surface area contributed by atoms with E-state index in [9.17, 15) is 5.11 Å². The standard InChI is InChI=1S/C16H19NO/c1-2-17(15-8-4-3-5-9-15)12-11-14-7-6-10-16(18)13-14/h3-10,13,18H,2,11-12H2,1H3. The molecule has 0 fully saturated rings. The van der Waals surface area contributed by atoms with Crippen molar-refractivity contribution >= 4 is 5.69 Å². The summed E-state index contributed by atoms with van der Waals surface area (Å²) in [6, 6.07) is 17.9. The molecule has 0 saturated heterocycles. The summed E-state index contributed by atoms with van der Waals surface area (Å²) in [5.74, 6) is 0.343. The molecule has 0 heterocycles. The second-order valence-corrected chi connectivity index (χ2v) is 4.34. The Balaban J connectivity index is 2.00. The van der Waals surface area contributed by atoms with Crippen LogP contribution in [0.4, 0.5) is 5.69 Å². The van der Waals surface area contributed by atoms with E-state index >= 15 is 0 Å². The lowest BCUT2D eigenvalue weighted by Gasteiger charge is -2.23. The van der Waals surface area contributed by atoms with Gasteiger partial charge in [-0.25, -0.2) is 0 Å². The number of benzene rings is 2. The number of para-hydroxylation sites is 1. The maximum absolute atomic E-state index is 9.44. The third kappa shape index (κ3) is 3.27. The number of phenolic OH excluding ortho intramolecular Hbond substituents is 1. The fourth-order valence-electron chi connectivity index (χ4n) is 2.08. The highest BCUT2D eigenvalue weighted by Gasteiger charge is 2.03. The smallest absolute Gasteiger partial charge is 0.115 e. The van der Waals surface area contributed by atoms with Gasteiger partial charge in [0, 0.05) is 18.8 Å². The molecular weight excluding hydrogens is 222 g/mol. The highest BCUT2D eigenvalue weighted by molar-refractivity contribution is 5.46. The first-order chi connectivity index (χ1) is 8.79. The van der Waals surface area contributed by atoms with E-state index in [4.69, 9.17) is 0 Å². The molecule has 0 aliphatic heterocycles. The van der Waals surface area contributed by atoms with E-state index in [1.807, 2.05) is 18.2 Å². The Morgan fingerprint density at radius 1 is 1.00 bits per heavy atom. The number of aromatic hydroxyl groups is 1. The van der Waals surface area contributed by atoms with Crippen molar-refractivity contribution in [2.75, 3.05) is 18.0 Å². The van der Waals surface area contributed by atoms with Crippen molar-refractivity contribution < 1.29 is 5.11 Å². The van der Waals surface area contributed by atoms with Crippen molar-refractivity contribution in [1.29, 1.82) is 0 Å². The zero-order valence-electron chi connectivity index (χ0n) is 10.7. The molecule has 0 saturated carbocycles. The predicted octanol–water partition coefficient (Wildman–Crippen LogP) is 3.46. The number of hydrogen-bond donors (Lipinski definition) is 1. The Morgan fingerprint density at radius 3 is 2.44 bits per heavy atom. The maximum atomic E-state index is 9.44. The van der Waals surface area contributed by atoms with Crippen molar-refractivity contribution in [3.8, 4) is 5.75 Å². The summed E-state index contributed by atoms with van der Waals surface area (Å²) in [6.45, 7) is 4.11. The number of phenols is 1. The van der Waals surface area contributed by atoms with Gasteiger partial charge in [-0.05, 0) is 43.2 Å². The molecule has 0 aliphatic rings. The van der Waals surface area contributed by atoms with Gasteiger partial charge in [-0.1, -0.05) is 30.3 Å². The van der Waals surface area contributed by atoms with Crippen molar-refractivity contribution in [3.63, 3.8) is 0 Å². The first kappa shape index (κ1) is 12.5. The summed E-state index contributed by atoms with van der Waals surface area (Å²) < 4.78 is 0. The lowest BCUT2D eigenvalue weighted by Crippen LogP contribution is -2.25. The molecule has 0 bridgehead atoms. The summed E-state index contributed by atoms with van der Waals surface area (Å²) in [5, 5.41) is 9.44. The van der Waals surface area contributed by atoms with Crippen LogP contribution in [0.1, 0.15) is 12.5 Å². The highest BCUT2D eigenvalue weighted by Crippen LogP contribution is 2.15. The maximum Gasteiger partial charge on any atom is 0.115 e. The van der Waals surface area contributed by atoms with Crippen LogP contribution < -0.4 is 4.90 Å². The van der Waals surface area contributed by atoms with Crippen LogP contribution in [0.5, 0.6) is 5.75 Å². The van der Waals surface area contributed by atoms with Crippen molar-refractivity contribution in [2.24, 2.45) is 0 Å². The zero-order valence-corrected chi connectivity index (χ0v) is 10.7. The van der Waals surface area contributed by atoms with Gasteiger partial charge in [0.2, 0.25) is 0 Å². The van der Waals surface area contributed by atoms with Gasteiger partial charge in [0.1, 0.15) is 5.75 Å². The summed E-state index contributed by atoms with van der Waals surface area (Å²) in [4.78, 5) is 2.34. The number of anilines is 1. The van der Waals surface area contributed by atoms with Crippen molar-refractivity contribution in [1.82, 2.24) is 0 Å². The van der Waals surface area contributed by atoms with Crippen LogP contribution in [0.15, 0.2) is 54.6 Å². The Bertz CT molecular complexity index is 481. The molecule has 0 spiro atoms. The minimum Gasteiger partial charge on any atom is -0.508 e. The van der Waals surface area contributed by atoms with E-state index in [-0.39, 0.29) is 0 Å². The summed E-state index contributed by atoms with van der Waals surface area (Å²) in [7, 11) is 0. The Labute approximate surface area is 109 Å². The Hall–Kier alpha value is -1.96. The summed E-state index contributed by atoms with van der Waals surface area (Å²) >= 11 is 0. The average molecular weight is 241 g/mol. The van der Waals surface area contributed by atoms with Gasteiger partial charge in [-0.3, -0.25) is 0 Å². The fraction of sp³-hybridized carbons (Fsp3) is 0.250. The number of likely N-dealkylation sites (N-methyl/N-ethyl adjacent to an activating group) is 1. The molecule has 2 rings (SSSR count). The minimum atomic E-state index is 0.343. The van der Waals surface area contributed by atoms with Crippen molar-refractivity contribution in [2.45, 2.75) is 13.3 Å². The molecule has 18 heavy (non-hydrogen) atoms. The van der Waals surface area contributed by atoms with Crippen molar-refractivity contribution in [3.05, 3.63) is 60.2 Å². The van der Waals surface area contributed by atoms with Gasteiger partial charge in [0.05, 0.1) is 0 Å². The van der Waals surface area contributed by atoms with Crippen LogP contribution in [-0.2, 0) is 6.42 Å². The highest BCUT2D eigenvalue weighted by atomic mass is 16.3. The number of rotatable bonds is 5. The molecule has 2 heteroatoms. The Kier molecular flexibility index (Phi) is 4.24. The largest absolute Gasteiger partial charge is 0.508 e. The van der Waals surface area contributed by atoms with Crippen LogP contribution >= 0.6 is 0 Å². The number of nitrogens with zero attached hydrogens (tertiary/aromatic N) is 1. The molecule has 2 aromatic carbocycles. The van der Waals surface area contributed by atoms with Crippen LogP contribution in [0.25, 0.3) is 0 Å². The molecule has 0 radical (unpaired) electrons. The molecule has 0 amide bonds. The first-order valence-electron chi connectivity index (χ1n) is 6.37. The summed E-state index contributed by atoms with van der Waals surface area (Å²) in [6.07, 6.45) is 0.942. The van der Waals surface area contributed by atoms with Crippen LogP contribution in [-0.4, -0.2) is 18.2 Å². The van der Waals surface area contributed by atoms with Gasteiger partial charge >= 0.3 is 0 Å². The van der Waals surface area contributed by atoms with E-state index in [1.165, 1.54) is 11.3 Å². The lowest BCUT2D eigenvalue weighted by molar-refractivity contribution is 0.474. The van der Waals surface area contributed by atoms with Crippen LogP contribution in [0.3, 0.4) is 0 Å². The van der Waals surface area contributed by atoms with Gasteiger partial charge < -0.3 is 10.0 Å². The topological polar surface area (TPSA) is 23.5 Å².